The van der Waals surface area contributed by atoms with Gasteiger partial charge in [-0.15, -0.1) is 0 Å². The first-order chi connectivity index (χ1) is 12.6. The van der Waals surface area contributed by atoms with E-state index in [0.717, 1.165) is 0 Å². The fourth-order valence-electron chi connectivity index (χ4n) is 3.04. The Hall–Kier alpha value is -2.98. The Bertz CT molecular complexity index is 773. The molecule has 0 spiro atoms. The number of methoxy groups -OCH3 is 3. The minimum Gasteiger partial charge on any atom is -0.497 e. The normalized spacial score (nSPS) is 11.1. The van der Waals surface area contributed by atoms with Crippen molar-refractivity contribution in [2.24, 2.45) is 0 Å². The van der Waals surface area contributed by atoms with Crippen LogP contribution in [-0.2, 0) is 5.60 Å². The molecule has 0 atom stereocenters. The predicted molar refractivity (Wildman–Crippen MR) is 101 cm³/mol. The Kier molecular flexibility index (Phi) is 5.14. The molecule has 0 heterocycles. The lowest BCUT2D eigenvalue weighted by molar-refractivity contribution is 0.124. The second-order valence-electron chi connectivity index (χ2n) is 5.91. The number of benzene rings is 3. The lowest BCUT2D eigenvalue weighted by Crippen LogP contribution is -2.29. The van der Waals surface area contributed by atoms with Gasteiger partial charge >= 0.3 is 0 Å². The zero-order chi connectivity index (χ0) is 18.6. The molecule has 0 aliphatic heterocycles. The van der Waals surface area contributed by atoms with Gasteiger partial charge in [-0.2, -0.15) is 0 Å². The monoisotopic (exact) mass is 350 g/mol. The molecule has 134 valence electrons. The molecule has 0 unspecified atom stereocenters. The van der Waals surface area contributed by atoms with E-state index in [4.69, 9.17) is 14.2 Å². The molecule has 3 aromatic rings. The quantitative estimate of drug-likeness (QED) is 0.683. The first kappa shape index (κ1) is 17.8. The van der Waals surface area contributed by atoms with Gasteiger partial charge in [0.1, 0.15) is 22.8 Å². The topological polar surface area (TPSA) is 47.9 Å². The number of aliphatic hydroxyl groups is 1. The lowest BCUT2D eigenvalue weighted by Gasteiger charge is -2.31. The van der Waals surface area contributed by atoms with Gasteiger partial charge in [0.15, 0.2) is 0 Å². The molecule has 0 amide bonds. The van der Waals surface area contributed by atoms with Crippen LogP contribution in [0, 0.1) is 0 Å². The number of hydrogen-bond donors (Lipinski definition) is 1. The van der Waals surface area contributed by atoms with Crippen LogP contribution in [0.1, 0.15) is 16.7 Å². The number of hydrogen-bond acceptors (Lipinski definition) is 4. The van der Waals surface area contributed by atoms with Crippen LogP contribution in [0.4, 0.5) is 0 Å². The van der Waals surface area contributed by atoms with Crippen LogP contribution in [0.25, 0.3) is 0 Å². The van der Waals surface area contributed by atoms with Crippen molar-refractivity contribution in [2.75, 3.05) is 21.3 Å². The zero-order valence-electron chi connectivity index (χ0n) is 15.1. The average molecular weight is 350 g/mol. The van der Waals surface area contributed by atoms with Gasteiger partial charge in [-0.1, -0.05) is 36.4 Å². The summed E-state index contributed by atoms with van der Waals surface area (Å²) < 4.78 is 16.1. The highest BCUT2D eigenvalue weighted by atomic mass is 16.5. The molecule has 0 saturated carbocycles. The molecule has 4 nitrogen and oxygen atoms in total. The van der Waals surface area contributed by atoms with Crippen LogP contribution < -0.4 is 14.2 Å². The van der Waals surface area contributed by atoms with E-state index in [9.17, 15) is 5.11 Å². The third kappa shape index (κ3) is 3.24. The van der Waals surface area contributed by atoms with Crippen LogP contribution in [0.2, 0.25) is 0 Å². The van der Waals surface area contributed by atoms with Gasteiger partial charge in [0.05, 0.1) is 21.3 Å². The second-order valence-corrected chi connectivity index (χ2v) is 5.91. The van der Waals surface area contributed by atoms with Crippen LogP contribution in [0.3, 0.4) is 0 Å². The minimum absolute atomic E-state index is 0.673. The van der Waals surface area contributed by atoms with Crippen LogP contribution in [0.15, 0.2) is 72.8 Å². The highest BCUT2D eigenvalue weighted by molar-refractivity contribution is 5.51. The van der Waals surface area contributed by atoms with E-state index < -0.39 is 5.60 Å². The maximum Gasteiger partial charge on any atom is 0.140 e. The molecule has 0 radical (unpaired) electrons. The second kappa shape index (κ2) is 7.50. The molecule has 4 heteroatoms. The summed E-state index contributed by atoms with van der Waals surface area (Å²) in [7, 11) is 4.82. The third-order valence-corrected chi connectivity index (χ3v) is 4.46. The van der Waals surface area contributed by atoms with Crippen molar-refractivity contribution < 1.29 is 19.3 Å². The molecule has 0 aliphatic rings. The standard InChI is InChI=1S/C22H22O4/c1-24-19-10-4-7-16(13-19)22(23,17-8-5-11-20(14-17)25-2)18-9-6-12-21(15-18)26-3/h4-15,23H,1-3H3. The van der Waals surface area contributed by atoms with Crippen molar-refractivity contribution in [3.63, 3.8) is 0 Å². The largest absolute Gasteiger partial charge is 0.497 e. The van der Waals surface area contributed by atoms with Crippen molar-refractivity contribution in [2.45, 2.75) is 5.60 Å². The Morgan fingerprint density at radius 1 is 0.577 bits per heavy atom. The van der Waals surface area contributed by atoms with Crippen LogP contribution >= 0.6 is 0 Å². The fourth-order valence-corrected chi connectivity index (χ4v) is 3.04. The summed E-state index contributed by atoms with van der Waals surface area (Å²) >= 11 is 0. The van der Waals surface area contributed by atoms with E-state index >= 15 is 0 Å². The molecule has 0 fully saturated rings. The van der Waals surface area contributed by atoms with Gasteiger partial charge in [0.2, 0.25) is 0 Å². The van der Waals surface area contributed by atoms with E-state index in [1.54, 1.807) is 21.3 Å². The van der Waals surface area contributed by atoms with E-state index in [2.05, 4.69) is 0 Å². The Morgan fingerprint density at radius 2 is 0.885 bits per heavy atom. The summed E-state index contributed by atoms with van der Waals surface area (Å²) in [6.07, 6.45) is 0. The Morgan fingerprint density at radius 3 is 1.15 bits per heavy atom. The predicted octanol–water partition coefficient (Wildman–Crippen LogP) is 4.00. The lowest BCUT2D eigenvalue weighted by atomic mass is 9.80. The van der Waals surface area contributed by atoms with E-state index in [0.29, 0.717) is 33.9 Å². The fraction of sp³-hybridized carbons (Fsp3) is 0.182. The molecule has 26 heavy (non-hydrogen) atoms. The molecule has 3 rings (SSSR count). The van der Waals surface area contributed by atoms with E-state index in [-0.39, 0.29) is 0 Å². The van der Waals surface area contributed by atoms with Crippen molar-refractivity contribution in [3.05, 3.63) is 89.5 Å². The summed E-state index contributed by atoms with van der Waals surface area (Å²) in [4.78, 5) is 0. The molecule has 0 aromatic heterocycles. The molecule has 0 aliphatic carbocycles. The first-order valence-corrected chi connectivity index (χ1v) is 8.27. The van der Waals surface area contributed by atoms with Crippen molar-refractivity contribution in [1.82, 2.24) is 0 Å². The van der Waals surface area contributed by atoms with E-state index in [1.807, 2.05) is 72.8 Å². The van der Waals surface area contributed by atoms with Crippen molar-refractivity contribution in [1.29, 1.82) is 0 Å². The maximum absolute atomic E-state index is 11.9. The maximum atomic E-state index is 11.9. The SMILES string of the molecule is COc1cccc(C(O)(c2cccc(OC)c2)c2cccc(OC)c2)c1. The van der Waals surface area contributed by atoms with E-state index in [1.165, 1.54) is 0 Å². The van der Waals surface area contributed by atoms with Gasteiger partial charge < -0.3 is 19.3 Å². The van der Waals surface area contributed by atoms with Gasteiger partial charge in [-0.25, -0.2) is 0 Å². The summed E-state index contributed by atoms with van der Waals surface area (Å²) in [5.74, 6) is 2.02. The highest BCUT2D eigenvalue weighted by Gasteiger charge is 2.35. The average Bonchev–Trinajstić information content (AvgIpc) is 2.73. The van der Waals surface area contributed by atoms with Crippen molar-refractivity contribution >= 4 is 0 Å². The molecule has 0 saturated heterocycles. The summed E-state index contributed by atoms with van der Waals surface area (Å²) in [6.45, 7) is 0. The molecule has 1 N–H and O–H groups in total. The summed E-state index contributed by atoms with van der Waals surface area (Å²) in [6, 6.07) is 22.3. The van der Waals surface area contributed by atoms with Crippen molar-refractivity contribution in [3.8, 4) is 17.2 Å². The smallest absolute Gasteiger partial charge is 0.140 e. The first-order valence-electron chi connectivity index (χ1n) is 8.27. The highest BCUT2D eigenvalue weighted by Crippen LogP contribution is 2.40. The molecular weight excluding hydrogens is 328 g/mol. The number of ether oxygens (including phenoxy) is 3. The van der Waals surface area contributed by atoms with Gasteiger partial charge in [-0.05, 0) is 53.1 Å². The molecule has 0 bridgehead atoms. The molecule has 3 aromatic carbocycles. The van der Waals surface area contributed by atoms with Gasteiger partial charge in [0.25, 0.3) is 0 Å². The van der Waals surface area contributed by atoms with Gasteiger partial charge in [0, 0.05) is 0 Å². The summed E-state index contributed by atoms with van der Waals surface area (Å²) in [5, 5.41) is 11.9. The molecular formula is C22H22O4. The van der Waals surface area contributed by atoms with Crippen LogP contribution in [-0.4, -0.2) is 26.4 Å². The Labute approximate surface area is 153 Å². The number of rotatable bonds is 6. The Balaban J connectivity index is 2.26. The zero-order valence-corrected chi connectivity index (χ0v) is 15.1. The minimum atomic E-state index is -1.39. The third-order valence-electron chi connectivity index (χ3n) is 4.46. The van der Waals surface area contributed by atoms with Gasteiger partial charge in [-0.3, -0.25) is 0 Å². The summed E-state index contributed by atoms with van der Waals surface area (Å²) in [5.41, 5.74) is 0.688. The van der Waals surface area contributed by atoms with Crippen LogP contribution in [0.5, 0.6) is 17.2 Å².